The fourth-order valence-electron chi connectivity index (χ4n) is 3.65. The molecular weight excluding hydrogens is 388 g/mol. The maximum Gasteiger partial charge on any atom is 0.0926 e. The van der Waals surface area contributed by atoms with Crippen LogP contribution in [0.4, 0.5) is 0 Å². The van der Waals surface area contributed by atoms with Crippen LogP contribution in [0.5, 0.6) is 0 Å². The first-order valence-electron chi connectivity index (χ1n) is 9.67. The lowest BCUT2D eigenvalue weighted by Crippen LogP contribution is -2.13. The second-order valence-electron chi connectivity index (χ2n) is 7.82. The maximum absolute atomic E-state index is 9.41. The van der Waals surface area contributed by atoms with E-state index in [1.54, 1.807) is 6.20 Å². The van der Waals surface area contributed by atoms with Gasteiger partial charge >= 0.3 is 0 Å². The second-order valence-corrected chi connectivity index (χ2v) is 8.62. The molecule has 0 saturated heterocycles. The second kappa shape index (κ2) is 7.01. The van der Waals surface area contributed by atoms with Crippen LogP contribution < -0.4 is 0 Å². The molecule has 0 aliphatic heterocycles. The predicted octanol–water partition coefficient (Wildman–Crippen LogP) is 6.37. The van der Waals surface area contributed by atoms with Crippen molar-refractivity contribution in [3.63, 3.8) is 0 Å². The molecule has 0 aliphatic rings. The quantitative estimate of drug-likeness (QED) is 0.349. The van der Waals surface area contributed by atoms with E-state index in [1.165, 1.54) is 11.5 Å². The Kier molecular flexibility index (Phi) is 4.30. The zero-order valence-corrected chi connectivity index (χ0v) is 17.4. The Morgan fingerprint density at radius 2 is 1.73 bits per heavy atom. The average Bonchev–Trinajstić information content (AvgIpc) is 3.24. The van der Waals surface area contributed by atoms with Gasteiger partial charge in [-0.05, 0) is 54.7 Å². The van der Waals surface area contributed by atoms with Crippen molar-refractivity contribution in [3.05, 3.63) is 78.8 Å². The van der Waals surface area contributed by atoms with Crippen LogP contribution in [0.2, 0.25) is 0 Å². The lowest BCUT2D eigenvalue weighted by Gasteiger charge is -2.15. The number of hydrogen-bond acceptors (Lipinski definition) is 5. The van der Waals surface area contributed by atoms with E-state index < -0.39 is 5.41 Å². The largest absolute Gasteiger partial charge is 0.264 e. The van der Waals surface area contributed by atoms with Crippen LogP contribution in [0.1, 0.15) is 19.4 Å². The van der Waals surface area contributed by atoms with Crippen molar-refractivity contribution in [2.24, 2.45) is 0 Å². The lowest BCUT2D eigenvalue weighted by atomic mass is 9.86. The topological polar surface area (TPSA) is 62.5 Å². The van der Waals surface area contributed by atoms with Crippen molar-refractivity contribution in [1.82, 2.24) is 14.3 Å². The fraction of sp³-hybridized carbons (Fsp3) is 0.120. The molecule has 0 aliphatic carbocycles. The number of nitriles is 1. The van der Waals surface area contributed by atoms with Crippen molar-refractivity contribution >= 4 is 32.5 Å². The monoisotopic (exact) mass is 406 g/mol. The van der Waals surface area contributed by atoms with Gasteiger partial charge in [0.15, 0.2) is 0 Å². The van der Waals surface area contributed by atoms with Crippen molar-refractivity contribution in [2.75, 3.05) is 0 Å². The summed E-state index contributed by atoms with van der Waals surface area (Å²) >= 11 is 1.46. The Morgan fingerprint density at radius 1 is 0.933 bits per heavy atom. The van der Waals surface area contributed by atoms with Gasteiger partial charge in [-0.1, -0.05) is 36.4 Å². The number of benzene rings is 2. The number of aromatic nitrogens is 3. The van der Waals surface area contributed by atoms with Gasteiger partial charge in [-0.25, -0.2) is 0 Å². The highest BCUT2D eigenvalue weighted by Crippen LogP contribution is 2.37. The average molecular weight is 407 g/mol. The molecule has 30 heavy (non-hydrogen) atoms. The highest BCUT2D eigenvalue weighted by atomic mass is 32.1. The molecule has 0 fully saturated rings. The minimum absolute atomic E-state index is 0.516. The smallest absolute Gasteiger partial charge is 0.0926 e. The van der Waals surface area contributed by atoms with Crippen molar-refractivity contribution in [1.29, 1.82) is 5.26 Å². The van der Waals surface area contributed by atoms with Gasteiger partial charge in [-0.15, -0.1) is 0 Å². The van der Waals surface area contributed by atoms with Gasteiger partial charge in [-0.3, -0.25) is 9.97 Å². The van der Waals surface area contributed by atoms with Crippen molar-refractivity contribution < 1.29 is 0 Å². The van der Waals surface area contributed by atoms with E-state index >= 15 is 0 Å². The number of rotatable bonds is 3. The van der Waals surface area contributed by atoms with Gasteiger partial charge in [0.1, 0.15) is 0 Å². The molecule has 0 saturated carbocycles. The Balaban J connectivity index is 1.70. The Bertz CT molecular complexity index is 1410. The van der Waals surface area contributed by atoms with Gasteiger partial charge in [-0.2, -0.15) is 9.64 Å². The van der Waals surface area contributed by atoms with Crippen molar-refractivity contribution in [2.45, 2.75) is 19.3 Å². The molecule has 2 aromatic carbocycles. The van der Waals surface area contributed by atoms with E-state index in [-0.39, 0.29) is 0 Å². The first-order chi connectivity index (χ1) is 14.6. The van der Waals surface area contributed by atoms with E-state index in [9.17, 15) is 5.26 Å². The third-order valence-electron chi connectivity index (χ3n) is 5.46. The van der Waals surface area contributed by atoms with Crippen molar-refractivity contribution in [3.8, 4) is 28.5 Å². The molecular formula is C25H18N4S. The molecule has 0 spiro atoms. The summed E-state index contributed by atoms with van der Waals surface area (Å²) in [6, 6.07) is 20.8. The van der Waals surface area contributed by atoms with Gasteiger partial charge in [0, 0.05) is 40.5 Å². The van der Waals surface area contributed by atoms with Crippen LogP contribution in [-0.2, 0) is 5.41 Å². The molecule has 5 rings (SSSR count). The van der Waals surface area contributed by atoms with Gasteiger partial charge in [0.25, 0.3) is 0 Å². The third-order valence-corrected chi connectivity index (χ3v) is 6.24. The summed E-state index contributed by atoms with van der Waals surface area (Å²) in [5.74, 6) is 0. The SMILES string of the molecule is CC(C)(C#N)c1ccc(-c2nsc3cnc4ccc(-c5cccnc5)cc4c23)cc1. The summed E-state index contributed by atoms with van der Waals surface area (Å²) in [4.78, 5) is 8.87. The van der Waals surface area contributed by atoms with E-state index in [4.69, 9.17) is 4.37 Å². The van der Waals surface area contributed by atoms with E-state index in [2.05, 4.69) is 52.4 Å². The summed E-state index contributed by atoms with van der Waals surface area (Å²) in [5, 5.41) is 11.6. The molecule has 4 nitrogen and oxygen atoms in total. The Hall–Kier alpha value is -3.62. The first-order valence-corrected chi connectivity index (χ1v) is 10.4. The van der Waals surface area contributed by atoms with E-state index in [1.807, 2.05) is 44.4 Å². The first kappa shape index (κ1) is 18.4. The van der Waals surface area contributed by atoms with Crippen LogP contribution in [0.15, 0.2) is 73.2 Å². The third kappa shape index (κ3) is 3.02. The zero-order chi connectivity index (χ0) is 20.7. The van der Waals surface area contributed by atoms with Gasteiger partial charge in [0.05, 0.1) is 27.4 Å². The van der Waals surface area contributed by atoms with Crippen LogP contribution in [0, 0.1) is 11.3 Å². The minimum atomic E-state index is -0.516. The standard InChI is InChI=1S/C25H18N4S/c1-25(2,15-26)19-8-5-16(6-9-19)24-23-20-12-17(18-4-3-11-27-13-18)7-10-21(20)28-14-22(23)30-29-24/h3-14H,1-2H3. The molecule has 0 N–H and O–H groups in total. The van der Waals surface area contributed by atoms with Crippen LogP contribution in [0.25, 0.3) is 43.4 Å². The number of fused-ring (bicyclic) bond motifs is 3. The highest BCUT2D eigenvalue weighted by molar-refractivity contribution is 7.13. The highest BCUT2D eigenvalue weighted by Gasteiger charge is 2.20. The zero-order valence-electron chi connectivity index (χ0n) is 16.6. The van der Waals surface area contributed by atoms with Gasteiger partial charge < -0.3 is 0 Å². The maximum atomic E-state index is 9.41. The summed E-state index contributed by atoms with van der Waals surface area (Å²) in [5.41, 5.74) is 5.60. The summed E-state index contributed by atoms with van der Waals surface area (Å²) < 4.78 is 5.81. The molecule has 3 aromatic heterocycles. The molecule has 3 heterocycles. The van der Waals surface area contributed by atoms with E-state index in [0.717, 1.165) is 48.9 Å². The predicted molar refractivity (Wildman–Crippen MR) is 122 cm³/mol. The summed E-state index contributed by atoms with van der Waals surface area (Å²) in [7, 11) is 0. The van der Waals surface area contributed by atoms with Crippen LogP contribution >= 0.6 is 11.5 Å². The number of nitrogens with zero attached hydrogens (tertiary/aromatic N) is 4. The van der Waals surface area contributed by atoms with E-state index in [0.29, 0.717) is 0 Å². The van der Waals surface area contributed by atoms with Crippen LogP contribution in [0.3, 0.4) is 0 Å². The Morgan fingerprint density at radius 3 is 2.47 bits per heavy atom. The molecule has 0 amide bonds. The van der Waals surface area contributed by atoms with Crippen LogP contribution in [-0.4, -0.2) is 14.3 Å². The number of hydrogen-bond donors (Lipinski definition) is 0. The lowest BCUT2D eigenvalue weighted by molar-refractivity contribution is 0.687. The molecule has 0 radical (unpaired) electrons. The fourth-order valence-corrected chi connectivity index (χ4v) is 4.43. The molecule has 5 aromatic rings. The molecule has 5 heteroatoms. The number of pyridine rings is 2. The normalized spacial score (nSPS) is 11.6. The molecule has 0 bridgehead atoms. The molecule has 0 unspecified atom stereocenters. The summed E-state index contributed by atoms with van der Waals surface area (Å²) in [6.07, 6.45) is 5.55. The van der Waals surface area contributed by atoms with Gasteiger partial charge in [0.2, 0.25) is 0 Å². The Labute approximate surface area is 178 Å². The molecule has 0 atom stereocenters. The molecule has 144 valence electrons. The summed E-state index contributed by atoms with van der Waals surface area (Å²) in [6.45, 7) is 3.86. The minimum Gasteiger partial charge on any atom is -0.264 e.